The topological polar surface area (TPSA) is 30.0 Å². The smallest absolute Gasteiger partial charge is 0.164 e. The Hall–Kier alpha value is -1.18. The molecule has 1 rings (SSSR count). The van der Waals surface area contributed by atoms with Gasteiger partial charge in [0, 0.05) is 23.9 Å². The molecule has 0 saturated carbocycles. The van der Waals surface area contributed by atoms with Gasteiger partial charge in [-0.05, 0) is 24.5 Å². The number of rotatable bonds is 4. The molecule has 0 bridgehead atoms. The molecule has 0 fully saturated rings. The average Bonchev–Trinajstić information content (AvgIpc) is 2.17. The summed E-state index contributed by atoms with van der Waals surface area (Å²) in [5.74, 6) is 0.767. The lowest BCUT2D eigenvalue weighted by molar-refractivity contribution is 0.0988. The second-order valence-corrected chi connectivity index (χ2v) is 3.91. The van der Waals surface area contributed by atoms with Crippen molar-refractivity contribution >= 4 is 5.78 Å². The molecule has 1 aromatic rings. The van der Waals surface area contributed by atoms with E-state index in [0.717, 1.165) is 17.7 Å². The first-order valence-corrected chi connectivity index (χ1v) is 5.11. The third kappa shape index (κ3) is 2.95. The van der Waals surface area contributed by atoms with Crippen LogP contribution < -0.4 is 0 Å². The van der Waals surface area contributed by atoms with Crippen molar-refractivity contribution in [1.29, 1.82) is 0 Å². The molecule has 2 heteroatoms. The summed E-state index contributed by atoms with van der Waals surface area (Å²) in [5.41, 5.74) is 1.78. The number of carbonyl (C=O) groups is 1. The summed E-state index contributed by atoms with van der Waals surface area (Å²) < 4.78 is 0. The molecule has 0 N–H and O–H groups in total. The van der Waals surface area contributed by atoms with Gasteiger partial charge in [0.05, 0.1) is 0 Å². The minimum absolute atomic E-state index is 0.161. The zero-order chi connectivity index (χ0) is 10.6. The Bertz CT molecular complexity index is 301. The number of aromatic nitrogens is 1. The van der Waals surface area contributed by atoms with Crippen LogP contribution in [-0.2, 0) is 6.42 Å². The molecule has 0 saturated heterocycles. The number of carbonyl (C=O) groups excluding carboxylic acids is 1. The third-order valence-electron chi connectivity index (χ3n) is 2.09. The predicted octanol–water partition coefficient (Wildman–Crippen LogP) is 2.87. The fraction of sp³-hybridized carbons (Fsp3) is 0.500. The van der Waals surface area contributed by atoms with Crippen molar-refractivity contribution in [3.05, 3.63) is 29.6 Å². The van der Waals surface area contributed by atoms with E-state index in [9.17, 15) is 4.79 Å². The molecule has 0 radical (unpaired) electrons. The lowest BCUT2D eigenvalue weighted by Crippen LogP contribution is -2.01. The first kappa shape index (κ1) is 10.9. The Kier molecular flexibility index (Phi) is 3.81. The highest BCUT2D eigenvalue weighted by Crippen LogP contribution is 2.07. The summed E-state index contributed by atoms with van der Waals surface area (Å²) >= 11 is 0. The van der Waals surface area contributed by atoms with E-state index in [2.05, 4.69) is 18.8 Å². The van der Waals surface area contributed by atoms with E-state index in [0.29, 0.717) is 12.3 Å². The van der Waals surface area contributed by atoms with Crippen LogP contribution in [0.3, 0.4) is 0 Å². The number of pyridine rings is 1. The van der Waals surface area contributed by atoms with Gasteiger partial charge < -0.3 is 0 Å². The maximum Gasteiger partial charge on any atom is 0.164 e. The molecule has 0 aliphatic heterocycles. The molecule has 0 atom stereocenters. The zero-order valence-corrected chi connectivity index (χ0v) is 9.08. The second kappa shape index (κ2) is 4.89. The molecule has 2 nitrogen and oxygen atoms in total. The van der Waals surface area contributed by atoms with Crippen molar-refractivity contribution in [1.82, 2.24) is 4.98 Å². The molecule has 0 amide bonds. The fourth-order valence-corrected chi connectivity index (χ4v) is 1.33. The molecule has 0 spiro atoms. The summed E-state index contributed by atoms with van der Waals surface area (Å²) in [6.45, 7) is 6.18. The summed E-state index contributed by atoms with van der Waals surface area (Å²) in [6.07, 6.45) is 3.20. The van der Waals surface area contributed by atoms with Gasteiger partial charge in [-0.1, -0.05) is 20.8 Å². The van der Waals surface area contributed by atoms with Gasteiger partial charge in [0.1, 0.15) is 0 Å². The number of ketones is 1. The lowest BCUT2D eigenvalue weighted by atomic mass is 10.1. The number of hydrogen-bond donors (Lipinski definition) is 0. The zero-order valence-electron chi connectivity index (χ0n) is 9.08. The quantitative estimate of drug-likeness (QED) is 0.685. The van der Waals surface area contributed by atoms with Gasteiger partial charge in [-0.2, -0.15) is 0 Å². The molecule has 0 aliphatic rings. The van der Waals surface area contributed by atoms with Crippen LogP contribution >= 0.6 is 0 Å². The van der Waals surface area contributed by atoms with E-state index < -0.39 is 0 Å². The summed E-state index contributed by atoms with van der Waals surface area (Å²) in [6, 6.07) is 3.82. The van der Waals surface area contributed by atoms with E-state index in [1.165, 1.54) is 0 Å². The van der Waals surface area contributed by atoms with Gasteiger partial charge in [0.2, 0.25) is 0 Å². The molecule has 1 aromatic heterocycles. The number of Topliss-reactive ketones (excluding diaryl/α,β-unsaturated/α-hetero) is 1. The van der Waals surface area contributed by atoms with Crippen molar-refractivity contribution < 1.29 is 4.79 Å². The summed E-state index contributed by atoms with van der Waals surface area (Å²) in [5, 5.41) is 0. The molecular weight excluding hydrogens is 174 g/mol. The first-order valence-electron chi connectivity index (χ1n) is 5.11. The Morgan fingerprint density at radius 2 is 2.14 bits per heavy atom. The monoisotopic (exact) mass is 191 g/mol. The molecule has 0 aliphatic carbocycles. The van der Waals surface area contributed by atoms with E-state index in [1.54, 1.807) is 6.20 Å². The number of hydrogen-bond acceptors (Lipinski definition) is 2. The highest BCUT2D eigenvalue weighted by molar-refractivity contribution is 5.95. The largest absolute Gasteiger partial charge is 0.294 e. The Labute approximate surface area is 85.4 Å². The summed E-state index contributed by atoms with van der Waals surface area (Å²) in [4.78, 5) is 15.6. The van der Waals surface area contributed by atoms with Crippen LogP contribution in [0.25, 0.3) is 0 Å². The Morgan fingerprint density at radius 1 is 1.43 bits per heavy atom. The fourth-order valence-electron chi connectivity index (χ4n) is 1.33. The minimum atomic E-state index is 0.161. The van der Waals surface area contributed by atoms with Crippen molar-refractivity contribution in [2.24, 2.45) is 5.92 Å². The van der Waals surface area contributed by atoms with E-state index >= 15 is 0 Å². The van der Waals surface area contributed by atoms with Crippen LogP contribution in [0.2, 0.25) is 0 Å². The highest BCUT2D eigenvalue weighted by atomic mass is 16.1. The third-order valence-corrected chi connectivity index (χ3v) is 2.09. The van der Waals surface area contributed by atoms with Gasteiger partial charge in [0.15, 0.2) is 5.78 Å². The van der Waals surface area contributed by atoms with Crippen LogP contribution in [0.15, 0.2) is 18.3 Å². The van der Waals surface area contributed by atoms with Crippen molar-refractivity contribution in [3.63, 3.8) is 0 Å². The van der Waals surface area contributed by atoms with Crippen LogP contribution in [0.1, 0.15) is 43.2 Å². The van der Waals surface area contributed by atoms with Crippen LogP contribution in [0.5, 0.6) is 0 Å². The standard InChI is InChI=1S/C12H17NO/c1-4-12(14)10-5-6-11(13-8-10)7-9(2)3/h5-6,8-9H,4,7H2,1-3H3. The molecular formula is C12H17NO. The van der Waals surface area contributed by atoms with Crippen molar-refractivity contribution in [2.75, 3.05) is 0 Å². The van der Waals surface area contributed by atoms with Crippen LogP contribution in [0, 0.1) is 5.92 Å². The molecule has 76 valence electrons. The van der Waals surface area contributed by atoms with E-state index in [4.69, 9.17) is 0 Å². The van der Waals surface area contributed by atoms with Crippen molar-refractivity contribution in [3.8, 4) is 0 Å². The Morgan fingerprint density at radius 3 is 2.57 bits per heavy atom. The van der Waals surface area contributed by atoms with Gasteiger partial charge in [-0.25, -0.2) is 0 Å². The van der Waals surface area contributed by atoms with Crippen LogP contribution in [-0.4, -0.2) is 10.8 Å². The molecule has 14 heavy (non-hydrogen) atoms. The molecule has 0 aromatic carbocycles. The highest BCUT2D eigenvalue weighted by Gasteiger charge is 2.04. The van der Waals surface area contributed by atoms with Gasteiger partial charge in [-0.3, -0.25) is 9.78 Å². The Balaban J connectivity index is 2.73. The second-order valence-electron chi connectivity index (χ2n) is 3.91. The lowest BCUT2D eigenvalue weighted by Gasteiger charge is -2.04. The van der Waals surface area contributed by atoms with E-state index in [1.807, 2.05) is 19.1 Å². The normalized spacial score (nSPS) is 10.6. The summed E-state index contributed by atoms with van der Waals surface area (Å²) in [7, 11) is 0. The van der Waals surface area contributed by atoms with Gasteiger partial charge in [0.25, 0.3) is 0 Å². The van der Waals surface area contributed by atoms with E-state index in [-0.39, 0.29) is 5.78 Å². The van der Waals surface area contributed by atoms with Crippen LogP contribution in [0.4, 0.5) is 0 Å². The predicted molar refractivity (Wildman–Crippen MR) is 57.4 cm³/mol. The minimum Gasteiger partial charge on any atom is -0.294 e. The van der Waals surface area contributed by atoms with Gasteiger partial charge >= 0.3 is 0 Å². The average molecular weight is 191 g/mol. The maximum atomic E-state index is 11.3. The molecule has 0 unspecified atom stereocenters. The first-order chi connectivity index (χ1) is 6.63. The SMILES string of the molecule is CCC(=O)c1ccc(CC(C)C)nc1. The van der Waals surface area contributed by atoms with Gasteiger partial charge in [-0.15, -0.1) is 0 Å². The van der Waals surface area contributed by atoms with Crippen molar-refractivity contribution in [2.45, 2.75) is 33.6 Å². The number of nitrogens with zero attached hydrogens (tertiary/aromatic N) is 1. The molecule has 1 heterocycles. The maximum absolute atomic E-state index is 11.3.